The second kappa shape index (κ2) is 9.22. The van der Waals surface area contributed by atoms with E-state index in [0.29, 0.717) is 0 Å². The molecule has 0 aliphatic heterocycles. The Morgan fingerprint density at radius 2 is 0.978 bits per heavy atom. The summed E-state index contributed by atoms with van der Waals surface area (Å²) in [4.78, 5) is 0. The fourth-order valence-electron chi connectivity index (χ4n) is 7.97. The second-order valence-electron chi connectivity index (χ2n) is 13.4. The van der Waals surface area contributed by atoms with Gasteiger partial charge in [0.15, 0.2) is 0 Å². The number of benzene rings is 6. The third kappa shape index (κ3) is 3.56. The maximum Gasteiger partial charge on any atom is 0.144 e. The first-order valence-corrected chi connectivity index (χ1v) is 16.3. The number of hydrogen-bond acceptors (Lipinski definition) is 2. The van der Waals surface area contributed by atoms with Gasteiger partial charge < -0.3 is 8.83 Å². The third-order valence-corrected chi connectivity index (χ3v) is 10.9. The van der Waals surface area contributed by atoms with Crippen molar-refractivity contribution in [3.8, 4) is 22.3 Å². The van der Waals surface area contributed by atoms with Crippen LogP contribution < -0.4 is 0 Å². The Labute approximate surface area is 270 Å². The van der Waals surface area contributed by atoms with Crippen molar-refractivity contribution in [2.24, 2.45) is 0 Å². The van der Waals surface area contributed by atoms with Crippen molar-refractivity contribution in [2.45, 2.75) is 38.5 Å². The van der Waals surface area contributed by atoms with Crippen LogP contribution in [0.25, 0.3) is 66.1 Å². The van der Waals surface area contributed by atoms with E-state index in [1.807, 2.05) is 24.3 Å². The maximum atomic E-state index is 6.30. The minimum Gasteiger partial charge on any atom is -0.455 e. The van der Waals surface area contributed by atoms with Crippen LogP contribution in [-0.4, -0.2) is 0 Å². The highest BCUT2D eigenvalue weighted by Crippen LogP contribution is 2.54. The highest BCUT2D eigenvalue weighted by molar-refractivity contribution is 9.10. The smallest absolute Gasteiger partial charge is 0.144 e. The largest absolute Gasteiger partial charge is 0.455 e. The molecule has 0 bridgehead atoms. The van der Waals surface area contributed by atoms with Gasteiger partial charge in [-0.3, -0.25) is 0 Å². The molecule has 0 atom stereocenters. The van der Waals surface area contributed by atoms with Gasteiger partial charge in [0.1, 0.15) is 22.3 Å². The molecule has 0 amide bonds. The average Bonchev–Trinajstić information content (AvgIpc) is 3.75. The van der Waals surface area contributed by atoms with Crippen molar-refractivity contribution in [1.82, 2.24) is 0 Å². The van der Waals surface area contributed by atoms with E-state index in [1.165, 1.54) is 66.1 Å². The molecule has 0 saturated carbocycles. The van der Waals surface area contributed by atoms with Crippen molar-refractivity contribution in [2.75, 3.05) is 0 Å². The van der Waals surface area contributed by atoms with Gasteiger partial charge in [0.25, 0.3) is 0 Å². The van der Waals surface area contributed by atoms with Crippen LogP contribution in [0.1, 0.15) is 49.9 Å². The lowest BCUT2D eigenvalue weighted by Crippen LogP contribution is -2.14. The first-order valence-electron chi connectivity index (χ1n) is 15.6. The molecule has 10 rings (SSSR count). The van der Waals surface area contributed by atoms with Crippen LogP contribution >= 0.6 is 15.9 Å². The van der Waals surface area contributed by atoms with Crippen molar-refractivity contribution < 1.29 is 8.83 Å². The SMILES string of the molecule is CC1(C)c2ccccc2-c2c1cc(Br)c1c2oc2ccccc21.CC1(C)c2ccccc2-c2c1ccc1c2oc2ccccc21. The molecule has 0 spiro atoms. The van der Waals surface area contributed by atoms with Crippen LogP contribution in [0.3, 0.4) is 0 Å². The van der Waals surface area contributed by atoms with Crippen LogP contribution in [-0.2, 0) is 10.8 Å². The Kier molecular flexibility index (Phi) is 5.48. The molecule has 0 N–H and O–H groups in total. The summed E-state index contributed by atoms with van der Waals surface area (Å²) in [6.07, 6.45) is 0. The molecule has 0 unspecified atom stereocenters. The lowest BCUT2D eigenvalue weighted by Gasteiger charge is -2.21. The van der Waals surface area contributed by atoms with Gasteiger partial charge >= 0.3 is 0 Å². The van der Waals surface area contributed by atoms with Crippen molar-refractivity contribution in [3.63, 3.8) is 0 Å². The molecule has 0 fully saturated rings. The maximum absolute atomic E-state index is 6.30. The van der Waals surface area contributed by atoms with E-state index in [2.05, 4.69) is 135 Å². The first-order chi connectivity index (χ1) is 21.8. The zero-order valence-corrected chi connectivity index (χ0v) is 27.3. The van der Waals surface area contributed by atoms with Gasteiger partial charge in [-0.15, -0.1) is 0 Å². The molecule has 3 heteroatoms. The molecule has 2 aliphatic rings. The molecule has 2 aromatic heterocycles. The van der Waals surface area contributed by atoms with Gasteiger partial charge in [-0.25, -0.2) is 0 Å². The van der Waals surface area contributed by atoms with Gasteiger partial charge in [-0.2, -0.15) is 0 Å². The normalized spacial score (nSPS) is 15.1. The summed E-state index contributed by atoms with van der Waals surface area (Å²) in [6, 6.07) is 40.7. The zero-order valence-electron chi connectivity index (χ0n) is 25.7. The van der Waals surface area contributed by atoms with Crippen molar-refractivity contribution >= 4 is 59.8 Å². The van der Waals surface area contributed by atoms with E-state index >= 15 is 0 Å². The van der Waals surface area contributed by atoms with Crippen LogP contribution in [0, 0.1) is 0 Å². The van der Waals surface area contributed by atoms with Gasteiger partial charge in [0, 0.05) is 48.0 Å². The summed E-state index contributed by atoms with van der Waals surface area (Å²) in [6.45, 7) is 9.18. The summed E-state index contributed by atoms with van der Waals surface area (Å²) in [7, 11) is 0. The van der Waals surface area contributed by atoms with Crippen molar-refractivity contribution in [3.05, 3.63) is 142 Å². The van der Waals surface area contributed by atoms with Gasteiger partial charge in [0.2, 0.25) is 0 Å². The van der Waals surface area contributed by atoms with E-state index in [9.17, 15) is 0 Å². The van der Waals surface area contributed by atoms with Crippen LogP contribution in [0.2, 0.25) is 0 Å². The second-order valence-corrected chi connectivity index (χ2v) is 14.2. The zero-order chi connectivity index (χ0) is 30.7. The monoisotopic (exact) mass is 646 g/mol. The van der Waals surface area contributed by atoms with Gasteiger partial charge in [-0.05, 0) is 51.6 Å². The fraction of sp³-hybridized carbons (Fsp3) is 0.143. The van der Waals surface area contributed by atoms with Gasteiger partial charge in [0.05, 0.1) is 0 Å². The standard InChI is InChI=1S/C21H15BrO.C21H16O/c1-21(2)14-9-5-3-7-12(14)18-15(21)11-16(22)19-13-8-4-6-10-17(13)23-20(18)19;1-21(2)16-9-5-3-8-15(16)19-17(21)12-11-14-13-7-4-6-10-18(13)22-20(14)19/h3-11H,1-2H3;3-12H,1-2H3. The first kappa shape index (κ1) is 26.8. The molecule has 8 aromatic rings. The number of halogens is 1. The molecule has 0 radical (unpaired) electrons. The minimum absolute atomic E-state index is 0.0123. The molecule has 6 aromatic carbocycles. The van der Waals surface area contributed by atoms with Crippen LogP contribution in [0.4, 0.5) is 0 Å². The third-order valence-electron chi connectivity index (χ3n) is 10.2. The van der Waals surface area contributed by atoms with E-state index in [-0.39, 0.29) is 10.8 Å². The molecule has 2 aliphatic carbocycles. The number of fused-ring (bicyclic) bond motifs is 14. The predicted molar refractivity (Wildman–Crippen MR) is 190 cm³/mol. The van der Waals surface area contributed by atoms with Gasteiger partial charge in [-0.1, -0.05) is 141 Å². The molecule has 45 heavy (non-hydrogen) atoms. The highest BCUT2D eigenvalue weighted by atomic mass is 79.9. The summed E-state index contributed by atoms with van der Waals surface area (Å²) < 4.78 is 13.7. The Balaban J connectivity index is 0.000000125. The van der Waals surface area contributed by atoms with E-state index in [4.69, 9.17) is 8.83 Å². The number of furan rings is 2. The minimum atomic E-state index is -0.0123. The predicted octanol–water partition coefficient (Wildman–Crippen LogP) is 12.5. The molecule has 0 saturated heterocycles. The summed E-state index contributed by atoms with van der Waals surface area (Å²) >= 11 is 3.79. The molecule has 218 valence electrons. The lowest BCUT2D eigenvalue weighted by molar-refractivity contribution is 0.653. The Morgan fingerprint density at radius 1 is 0.467 bits per heavy atom. The number of rotatable bonds is 0. The Bertz CT molecular complexity index is 2510. The van der Waals surface area contributed by atoms with E-state index in [0.717, 1.165) is 26.8 Å². The van der Waals surface area contributed by atoms with E-state index < -0.39 is 0 Å². The van der Waals surface area contributed by atoms with Crippen molar-refractivity contribution in [1.29, 1.82) is 0 Å². The fourth-order valence-corrected chi connectivity index (χ4v) is 8.59. The lowest BCUT2D eigenvalue weighted by atomic mass is 9.82. The van der Waals surface area contributed by atoms with E-state index in [1.54, 1.807) is 0 Å². The number of hydrogen-bond donors (Lipinski definition) is 0. The average molecular weight is 648 g/mol. The summed E-state index contributed by atoms with van der Waals surface area (Å²) in [5, 5.41) is 4.75. The molecule has 2 heterocycles. The Hall–Kier alpha value is -4.60. The van der Waals surface area contributed by atoms with Crippen LogP contribution in [0.5, 0.6) is 0 Å². The topological polar surface area (TPSA) is 26.3 Å². The summed E-state index contributed by atoms with van der Waals surface area (Å²) in [5.74, 6) is 0. The van der Waals surface area contributed by atoms with Crippen LogP contribution in [0.15, 0.2) is 129 Å². The molecule has 2 nitrogen and oxygen atoms in total. The highest BCUT2D eigenvalue weighted by Gasteiger charge is 2.39. The Morgan fingerprint density at radius 3 is 1.67 bits per heavy atom. The number of para-hydroxylation sites is 2. The quantitative estimate of drug-likeness (QED) is 0.164. The molecular formula is C42H31BrO2. The summed E-state index contributed by atoms with van der Waals surface area (Å²) in [5.41, 5.74) is 14.5. The molecular weight excluding hydrogens is 616 g/mol.